The monoisotopic (exact) mass is 449 g/mol. The molecule has 0 saturated carbocycles. The maximum Gasteiger partial charge on any atom is 0.119 e. The van der Waals surface area contributed by atoms with Crippen molar-refractivity contribution in [1.82, 2.24) is 0 Å². The molecule has 0 aliphatic rings. The zero-order chi connectivity index (χ0) is 23.9. The quantitative estimate of drug-likeness (QED) is 0.253. The highest BCUT2D eigenvalue weighted by atomic mass is 16.5. The molecule has 0 heterocycles. The Morgan fingerprint density at radius 2 is 1.24 bits per heavy atom. The van der Waals surface area contributed by atoms with E-state index < -0.39 is 0 Å². The second kappa shape index (κ2) is 11.1. The van der Waals surface area contributed by atoms with Crippen LogP contribution in [0.1, 0.15) is 47.9 Å². The molecule has 2 nitrogen and oxygen atoms in total. The van der Waals surface area contributed by atoms with Crippen LogP contribution in [0.2, 0.25) is 0 Å². The van der Waals surface area contributed by atoms with Gasteiger partial charge in [0.2, 0.25) is 0 Å². The Bertz CT molecular complexity index is 1130. The molecule has 0 aliphatic carbocycles. The number of benzene rings is 4. The highest BCUT2D eigenvalue weighted by Gasteiger charge is 2.16. The maximum absolute atomic E-state index is 5.44. The highest BCUT2D eigenvalue weighted by molar-refractivity contribution is 5.76. The number of anilines is 3. The lowest BCUT2D eigenvalue weighted by atomic mass is 9.88. The van der Waals surface area contributed by atoms with Gasteiger partial charge in [-0.3, -0.25) is 0 Å². The molecule has 0 radical (unpaired) electrons. The van der Waals surface area contributed by atoms with Crippen LogP contribution in [0.25, 0.3) is 0 Å². The first kappa shape index (κ1) is 23.6. The van der Waals surface area contributed by atoms with Crippen molar-refractivity contribution in [2.24, 2.45) is 0 Å². The molecule has 2 heteroatoms. The molecule has 0 aromatic heterocycles. The van der Waals surface area contributed by atoms with Gasteiger partial charge in [0.05, 0.1) is 7.11 Å². The predicted octanol–water partition coefficient (Wildman–Crippen LogP) is 8.91. The summed E-state index contributed by atoms with van der Waals surface area (Å²) < 4.78 is 5.44. The summed E-state index contributed by atoms with van der Waals surface area (Å²) >= 11 is 0. The zero-order valence-electron chi connectivity index (χ0n) is 20.8. The molecular formula is C32H35NO. The molecular weight excluding hydrogens is 414 g/mol. The van der Waals surface area contributed by atoms with E-state index in [0.717, 1.165) is 25.0 Å². The van der Waals surface area contributed by atoms with Crippen LogP contribution in [-0.2, 0) is 6.42 Å². The predicted molar refractivity (Wildman–Crippen MR) is 145 cm³/mol. The molecule has 0 aliphatic heterocycles. The molecule has 0 spiro atoms. The van der Waals surface area contributed by atoms with Crippen LogP contribution in [0.5, 0.6) is 5.75 Å². The lowest BCUT2D eigenvalue weighted by Crippen LogP contribution is -2.10. The second-order valence-electron chi connectivity index (χ2n) is 9.14. The van der Waals surface area contributed by atoms with Crippen molar-refractivity contribution in [2.45, 2.75) is 46.0 Å². The van der Waals surface area contributed by atoms with Gasteiger partial charge in [-0.25, -0.2) is 0 Å². The van der Waals surface area contributed by atoms with Gasteiger partial charge in [0.25, 0.3) is 0 Å². The van der Waals surface area contributed by atoms with Gasteiger partial charge in [0, 0.05) is 17.1 Å². The minimum Gasteiger partial charge on any atom is -0.497 e. The van der Waals surface area contributed by atoms with E-state index in [-0.39, 0.29) is 0 Å². The highest BCUT2D eigenvalue weighted by Crippen LogP contribution is 2.36. The van der Waals surface area contributed by atoms with Crippen LogP contribution >= 0.6 is 0 Å². The number of hydrogen-bond acceptors (Lipinski definition) is 2. The second-order valence-corrected chi connectivity index (χ2v) is 9.14. The minimum atomic E-state index is 0.485. The molecule has 4 aromatic rings. The Balaban J connectivity index is 1.65. The smallest absolute Gasteiger partial charge is 0.119 e. The first-order valence-corrected chi connectivity index (χ1v) is 12.2. The standard InChI is InChI=1S/C32H35NO/c1-5-7-28(22-26-8-6-9-32(23-26)34-4)27-14-20-31(21-15-27)33(29-16-10-24(2)11-17-29)30-18-12-25(3)13-19-30/h6,8-21,23,28H,5,7,22H2,1-4H3. The summed E-state index contributed by atoms with van der Waals surface area (Å²) in [6.45, 7) is 6.53. The molecule has 4 aromatic carbocycles. The van der Waals surface area contributed by atoms with Crippen molar-refractivity contribution in [3.05, 3.63) is 119 Å². The maximum atomic E-state index is 5.44. The average Bonchev–Trinajstić information content (AvgIpc) is 2.87. The summed E-state index contributed by atoms with van der Waals surface area (Å²) in [4.78, 5) is 2.33. The van der Waals surface area contributed by atoms with Gasteiger partial charge in [0.1, 0.15) is 5.75 Å². The van der Waals surface area contributed by atoms with Crippen molar-refractivity contribution >= 4 is 17.1 Å². The third-order valence-electron chi connectivity index (χ3n) is 6.46. The summed E-state index contributed by atoms with van der Waals surface area (Å²) in [5, 5.41) is 0. The molecule has 1 atom stereocenters. The molecule has 0 saturated heterocycles. The fourth-order valence-corrected chi connectivity index (χ4v) is 4.55. The molecule has 0 fully saturated rings. The van der Waals surface area contributed by atoms with E-state index in [1.54, 1.807) is 7.11 Å². The number of nitrogens with zero attached hydrogens (tertiary/aromatic N) is 1. The third-order valence-corrected chi connectivity index (χ3v) is 6.46. The van der Waals surface area contributed by atoms with Gasteiger partial charge < -0.3 is 9.64 Å². The zero-order valence-corrected chi connectivity index (χ0v) is 20.8. The van der Waals surface area contributed by atoms with E-state index in [1.807, 2.05) is 6.07 Å². The van der Waals surface area contributed by atoms with Gasteiger partial charge in [-0.05, 0) is 92.3 Å². The van der Waals surface area contributed by atoms with Crippen molar-refractivity contribution in [2.75, 3.05) is 12.0 Å². The van der Waals surface area contributed by atoms with E-state index in [1.165, 1.54) is 39.3 Å². The third kappa shape index (κ3) is 5.69. The first-order chi connectivity index (χ1) is 16.6. The number of ether oxygens (including phenoxy) is 1. The number of aryl methyl sites for hydroxylation is 2. The lowest BCUT2D eigenvalue weighted by Gasteiger charge is -2.26. The number of rotatable bonds is 9. The van der Waals surface area contributed by atoms with Crippen molar-refractivity contribution in [3.8, 4) is 5.75 Å². The number of methoxy groups -OCH3 is 1. The Labute approximate surface area is 204 Å². The normalized spacial score (nSPS) is 11.8. The summed E-state index contributed by atoms with van der Waals surface area (Å²) in [5.41, 5.74) is 8.76. The van der Waals surface area contributed by atoms with Crippen LogP contribution < -0.4 is 9.64 Å². The minimum absolute atomic E-state index is 0.485. The summed E-state index contributed by atoms with van der Waals surface area (Å²) in [7, 11) is 1.73. The molecule has 174 valence electrons. The van der Waals surface area contributed by atoms with E-state index in [4.69, 9.17) is 4.74 Å². The van der Waals surface area contributed by atoms with Crippen molar-refractivity contribution in [3.63, 3.8) is 0 Å². The average molecular weight is 450 g/mol. The van der Waals surface area contributed by atoms with E-state index in [2.05, 4.69) is 117 Å². The van der Waals surface area contributed by atoms with Gasteiger partial charge in [-0.1, -0.05) is 73.0 Å². The lowest BCUT2D eigenvalue weighted by molar-refractivity contribution is 0.414. The van der Waals surface area contributed by atoms with Crippen LogP contribution in [0.4, 0.5) is 17.1 Å². The van der Waals surface area contributed by atoms with Crippen molar-refractivity contribution < 1.29 is 4.74 Å². The summed E-state index contributed by atoms with van der Waals surface area (Å²) in [6, 6.07) is 35.1. The van der Waals surface area contributed by atoms with E-state index in [9.17, 15) is 0 Å². The van der Waals surface area contributed by atoms with Gasteiger partial charge >= 0.3 is 0 Å². The Kier molecular flexibility index (Phi) is 7.69. The SMILES string of the molecule is CCCC(Cc1cccc(OC)c1)c1ccc(N(c2ccc(C)cc2)c2ccc(C)cc2)cc1. The van der Waals surface area contributed by atoms with Gasteiger partial charge in [0.15, 0.2) is 0 Å². The Hall–Kier alpha value is -3.52. The molecule has 0 amide bonds. The van der Waals surface area contributed by atoms with Crippen LogP contribution in [-0.4, -0.2) is 7.11 Å². The molecule has 34 heavy (non-hydrogen) atoms. The fourth-order valence-electron chi connectivity index (χ4n) is 4.55. The molecule has 0 N–H and O–H groups in total. The Morgan fingerprint density at radius 3 is 1.74 bits per heavy atom. The van der Waals surface area contributed by atoms with E-state index in [0.29, 0.717) is 5.92 Å². The van der Waals surface area contributed by atoms with Crippen LogP contribution in [0.3, 0.4) is 0 Å². The molecule has 1 unspecified atom stereocenters. The first-order valence-electron chi connectivity index (χ1n) is 12.2. The van der Waals surface area contributed by atoms with Gasteiger partial charge in [-0.2, -0.15) is 0 Å². The largest absolute Gasteiger partial charge is 0.497 e. The number of hydrogen-bond donors (Lipinski definition) is 0. The molecule has 4 rings (SSSR count). The molecule has 0 bridgehead atoms. The summed E-state index contributed by atoms with van der Waals surface area (Å²) in [5.74, 6) is 1.41. The van der Waals surface area contributed by atoms with E-state index >= 15 is 0 Å². The van der Waals surface area contributed by atoms with Crippen LogP contribution in [0, 0.1) is 13.8 Å². The van der Waals surface area contributed by atoms with Crippen LogP contribution in [0.15, 0.2) is 97.1 Å². The Morgan fingerprint density at radius 1 is 0.706 bits per heavy atom. The van der Waals surface area contributed by atoms with Gasteiger partial charge in [-0.15, -0.1) is 0 Å². The van der Waals surface area contributed by atoms with Crippen molar-refractivity contribution in [1.29, 1.82) is 0 Å². The topological polar surface area (TPSA) is 12.5 Å². The summed E-state index contributed by atoms with van der Waals surface area (Å²) in [6.07, 6.45) is 3.34. The fraction of sp³-hybridized carbons (Fsp3) is 0.250.